The Morgan fingerprint density at radius 3 is 1.55 bits per heavy atom. The van der Waals surface area contributed by atoms with Gasteiger partial charge in [0.1, 0.15) is 0 Å². The summed E-state index contributed by atoms with van der Waals surface area (Å²) in [5, 5.41) is 17.2. The molecule has 0 saturated heterocycles. The van der Waals surface area contributed by atoms with Crippen molar-refractivity contribution in [2.75, 3.05) is 6.54 Å². The van der Waals surface area contributed by atoms with E-state index in [-0.39, 0.29) is 25.8 Å². The Hall–Kier alpha value is -2.30. The maximum atomic E-state index is 6.75. The SMILES string of the molecule is C=[N-].CCCC[N-]C1CCCCCC1[N-]c1c(C(C)C)cccc1C(C)C.[CH2-]c1ccccc1.[CH2-]c1ccccc1.[Hf]. The monoisotopic (exact) mass is 732 g/mol. The van der Waals surface area contributed by atoms with Crippen LogP contribution < -0.4 is 0 Å². The van der Waals surface area contributed by atoms with Crippen LogP contribution in [-0.4, -0.2) is 25.3 Å². The van der Waals surface area contributed by atoms with Crippen molar-refractivity contribution >= 4 is 12.4 Å². The topological polar surface area (TPSA) is 50.5 Å². The van der Waals surface area contributed by atoms with Crippen LogP contribution in [-0.2, 0) is 25.8 Å². The number of hydrogen-bond donors (Lipinski definition) is 0. The molecular formula is C38H54HfN3-5. The summed E-state index contributed by atoms with van der Waals surface area (Å²) >= 11 is 0. The first-order valence-electron chi connectivity index (χ1n) is 15.4. The van der Waals surface area contributed by atoms with Gasteiger partial charge in [-0.2, -0.15) is 55.3 Å². The quantitative estimate of drug-likeness (QED) is 0.0728. The van der Waals surface area contributed by atoms with E-state index in [0.717, 1.165) is 17.7 Å². The Morgan fingerprint density at radius 1 is 0.714 bits per heavy atom. The molecule has 2 unspecified atom stereocenters. The smallest absolute Gasteiger partial charge is 0 e. The van der Waals surface area contributed by atoms with Gasteiger partial charge in [0, 0.05) is 25.8 Å². The first-order valence-corrected chi connectivity index (χ1v) is 15.4. The van der Waals surface area contributed by atoms with E-state index in [9.17, 15) is 0 Å². The Balaban J connectivity index is 0.000000801. The zero-order valence-corrected chi connectivity index (χ0v) is 30.5. The third kappa shape index (κ3) is 15.8. The van der Waals surface area contributed by atoms with Crippen molar-refractivity contribution in [1.29, 1.82) is 0 Å². The molecule has 42 heavy (non-hydrogen) atoms. The van der Waals surface area contributed by atoms with E-state index < -0.39 is 0 Å². The minimum atomic E-state index is 0. The molecule has 1 aliphatic carbocycles. The Bertz CT molecular complexity index is 973. The number of hydrogen-bond acceptors (Lipinski definition) is 0. The number of para-hydroxylation sites is 1. The molecule has 4 heteroatoms. The van der Waals surface area contributed by atoms with E-state index in [0.29, 0.717) is 23.9 Å². The third-order valence-electron chi connectivity index (χ3n) is 7.14. The van der Waals surface area contributed by atoms with E-state index in [4.69, 9.17) is 16.0 Å². The standard InChI is InChI=1S/C23H38N2.2C7H7.CH2N.Hf/c1-6-7-16-24-21-14-9-8-10-15-22(21)25-23-19(17(2)3)12-11-13-20(23)18(4)5;2*1-7-5-3-2-4-6-7;1-2;/h11-13,17-18,21-22H,6-10,14-16H2,1-5H3;2*2-6H,1H2;1H2;/q-2;3*-1;. The van der Waals surface area contributed by atoms with E-state index >= 15 is 0 Å². The molecule has 0 radical (unpaired) electrons. The molecule has 0 bridgehead atoms. The van der Waals surface area contributed by atoms with Gasteiger partial charge < -0.3 is 16.0 Å². The average molecular weight is 731 g/mol. The van der Waals surface area contributed by atoms with Crippen molar-refractivity contribution < 1.29 is 25.8 Å². The average Bonchev–Trinajstić information content (AvgIpc) is 3.20. The van der Waals surface area contributed by atoms with Crippen molar-refractivity contribution in [3.63, 3.8) is 0 Å². The van der Waals surface area contributed by atoms with Gasteiger partial charge in [-0.15, -0.1) is 42.5 Å². The van der Waals surface area contributed by atoms with E-state index in [1.807, 2.05) is 60.7 Å². The van der Waals surface area contributed by atoms with E-state index in [1.54, 1.807) is 0 Å². The van der Waals surface area contributed by atoms with Crippen LogP contribution in [0.25, 0.3) is 16.0 Å². The van der Waals surface area contributed by atoms with Gasteiger partial charge in [0.05, 0.1) is 0 Å². The molecular weight excluding hydrogens is 677 g/mol. The van der Waals surface area contributed by atoms with Crippen molar-refractivity contribution in [3.8, 4) is 0 Å². The fraction of sp³-hybridized carbons (Fsp3) is 0.447. The molecule has 0 amide bonds. The molecule has 2 atom stereocenters. The fourth-order valence-corrected chi connectivity index (χ4v) is 4.83. The molecule has 4 rings (SSSR count). The Labute approximate surface area is 278 Å². The summed E-state index contributed by atoms with van der Waals surface area (Å²) < 4.78 is 0. The molecule has 1 fully saturated rings. The maximum Gasteiger partial charge on any atom is 0 e. The zero-order chi connectivity index (χ0) is 30.5. The molecule has 0 heterocycles. The molecule has 3 nitrogen and oxygen atoms in total. The summed E-state index contributed by atoms with van der Waals surface area (Å²) in [5.41, 5.74) is 6.23. The summed E-state index contributed by atoms with van der Waals surface area (Å²) in [4.78, 5) is 0. The van der Waals surface area contributed by atoms with Crippen LogP contribution in [0, 0.1) is 13.8 Å². The summed E-state index contributed by atoms with van der Waals surface area (Å²) in [6.45, 7) is 22.1. The van der Waals surface area contributed by atoms with Crippen LogP contribution in [0.15, 0.2) is 78.9 Å². The summed E-state index contributed by atoms with van der Waals surface area (Å²) in [6, 6.07) is 27.3. The fourth-order valence-electron chi connectivity index (χ4n) is 4.83. The maximum absolute atomic E-state index is 6.75. The van der Waals surface area contributed by atoms with Gasteiger partial charge in [0.15, 0.2) is 0 Å². The second-order valence-corrected chi connectivity index (χ2v) is 11.2. The molecule has 230 valence electrons. The predicted molar refractivity (Wildman–Crippen MR) is 184 cm³/mol. The van der Waals surface area contributed by atoms with E-state index in [2.05, 4.69) is 73.4 Å². The number of unbranched alkanes of at least 4 members (excludes halogenated alkanes) is 1. The summed E-state index contributed by atoms with van der Waals surface area (Å²) in [5.74, 6) is 1.03. The molecule has 0 N–H and O–H groups in total. The second kappa shape index (κ2) is 24.2. The second-order valence-electron chi connectivity index (χ2n) is 11.2. The first-order chi connectivity index (χ1) is 19.8. The van der Waals surface area contributed by atoms with Crippen molar-refractivity contribution in [2.24, 2.45) is 0 Å². The van der Waals surface area contributed by atoms with Gasteiger partial charge >= 0.3 is 0 Å². The predicted octanol–water partition coefficient (Wildman–Crippen LogP) is 11.8. The van der Waals surface area contributed by atoms with Crippen molar-refractivity contribution in [1.82, 2.24) is 0 Å². The normalized spacial score (nSPS) is 15.8. The first kappa shape index (κ1) is 39.7. The summed E-state index contributed by atoms with van der Waals surface area (Å²) in [7, 11) is 0. The van der Waals surface area contributed by atoms with E-state index in [1.165, 1.54) is 61.8 Å². The Kier molecular flexibility index (Phi) is 22.9. The van der Waals surface area contributed by atoms with Crippen LogP contribution in [0.1, 0.15) is 114 Å². The van der Waals surface area contributed by atoms with Crippen LogP contribution >= 0.6 is 0 Å². The van der Waals surface area contributed by atoms with Crippen LogP contribution in [0.5, 0.6) is 0 Å². The largest absolute Gasteiger partial charge is 0.817 e. The molecule has 0 spiro atoms. The van der Waals surface area contributed by atoms with Crippen molar-refractivity contribution in [2.45, 2.75) is 103 Å². The minimum Gasteiger partial charge on any atom is -0.817 e. The number of nitrogens with zero attached hydrogens (tertiary/aromatic N) is 3. The van der Waals surface area contributed by atoms with Crippen LogP contribution in [0.3, 0.4) is 0 Å². The third-order valence-corrected chi connectivity index (χ3v) is 7.14. The molecule has 3 aromatic carbocycles. The van der Waals surface area contributed by atoms with Gasteiger partial charge in [-0.05, 0) is 11.8 Å². The molecule has 0 aliphatic heterocycles. The van der Waals surface area contributed by atoms with Crippen LogP contribution in [0.2, 0.25) is 0 Å². The number of benzene rings is 3. The van der Waals surface area contributed by atoms with Gasteiger partial charge in [0.25, 0.3) is 0 Å². The zero-order valence-electron chi connectivity index (χ0n) is 26.9. The van der Waals surface area contributed by atoms with Gasteiger partial charge in [0.2, 0.25) is 0 Å². The molecule has 0 aromatic heterocycles. The number of rotatable bonds is 8. The van der Waals surface area contributed by atoms with Gasteiger partial charge in [-0.3, -0.25) is 0 Å². The molecule has 3 aromatic rings. The summed E-state index contributed by atoms with van der Waals surface area (Å²) in [6.07, 6.45) is 8.82. The van der Waals surface area contributed by atoms with Crippen LogP contribution in [0.4, 0.5) is 5.69 Å². The Morgan fingerprint density at radius 2 is 1.17 bits per heavy atom. The minimum absolute atomic E-state index is 0. The molecule has 1 saturated carbocycles. The van der Waals surface area contributed by atoms with Crippen molar-refractivity contribution in [3.05, 3.63) is 131 Å². The van der Waals surface area contributed by atoms with Gasteiger partial charge in [-0.25, -0.2) is 6.72 Å². The molecule has 1 aliphatic rings. The van der Waals surface area contributed by atoms with Gasteiger partial charge in [-0.1, -0.05) is 121 Å².